The summed E-state index contributed by atoms with van der Waals surface area (Å²) in [5, 5.41) is 3.21. The van der Waals surface area contributed by atoms with Gasteiger partial charge in [0.25, 0.3) is 0 Å². The van der Waals surface area contributed by atoms with Crippen molar-refractivity contribution in [1.29, 1.82) is 0 Å². The van der Waals surface area contributed by atoms with Gasteiger partial charge in [0, 0.05) is 11.5 Å². The van der Waals surface area contributed by atoms with Crippen molar-refractivity contribution in [3.05, 3.63) is 0 Å². The fraction of sp³-hybridized carbons (Fsp3) is 0.933. The van der Waals surface area contributed by atoms with Crippen LogP contribution >= 0.6 is 0 Å². The number of rotatable bonds is 6. The second kappa shape index (κ2) is 7.13. The molecule has 3 nitrogen and oxygen atoms in total. The lowest BCUT2D eigenvalue weighted by Crippen LogP contribution is -2.45. The number of carbonyl (C=O) groups is 1. The molecule has 0 spiro atoms. The van der Waals surface area contributed by atoms with Gasteiger partial charge in [0.2, 0.25) is 5.91 Å². The van der Waals surface area contributed by atoms with Crippen molar-refractivity contribution in [2.75, 3.05) is 6.54 Å². The minimum Gasteiger partial charge on any atom is -0.353 e. The molecule has 0 aromatic heterocycles. The number of nitrogens with one attached hydrogen (secondary N) is 1. The van der Waals surface area contributed by atoms with Gasteiger partial charge in [-0.2, -0.15) is 0 Å². The maximum atomic E-state index is 12.2. The molecule has 1 aliphatic carbocycles. The van der Waals surface area contributed by atoms with Crippen molar-refractivity contribution in [1.82, 2.24) is 5.32 Å². The first-order chi connectivity index (χ1) is 8.49. The van der Waals surface area contributed by atoms with Crippen LogP contribution in [0.4, 0.5) is 0 Å². The fourth-order valence-corrected chi connectivity index (χ4v) is 2.86. The summed E-state index contributed by atoms with van der Waals surface area (Å²) in [7, 11) is 0. The summed E-state index contributed by atoms with van der Waals surface area (Å²) in [6.07, 6.45) is 8.23. The van der Waals surface area contributed by atoms with Crippen molar-refractivity contribution in [2.45, 2.75) is 71.8 Å². The van der Waals surface area contributed by atoms with Crippen molar-refractivity contribution >= 4 is 5.91 Å². The van der Waals surface area contributed by atoms with Crippen molar-refractivity contribution in [2.24, 2.45) is 17.1 Å². The molecule has 0 aliphatic heterocycles. The summed E-state index contributed by atoms with van der Waals surface area (Å²) in [5.74, 6) is 1.06. The van der Waals surface area contributed by atoms with Crippen LogP contribution in [0, 0.1) is 11.3 Å². The van der Waals surface area contributed by atoms with E-state index in [-0.39, 0.29) is 11.3 Å². The van der Waals surface area contributed by atoms with Crippen LogP contribution in [-0.4, -0.2) is 18.5 Å². The molecule has 0 atom stereocenters. The summed E-state index contributed by atoms with van der Waals surface area (Å²) in [6, 6.07) is 0.391. The van der Waals surface area contributed by atoms with Crippen molar-refractivity contribution in [3.63, 3.8) is 0 Å². The van der Waals surface area contributed by atoms with Gasteiger partial charge in [-0.3, -0.25) is 4.79 Å². The molecule has 1 aliphatic rings. The quantitative estimate of drug-likeness (QED) is 0.766. The number of hydrogen-bond donors (Lipinski definition) is 2. The van der Waals surface area contributed by atoms with Gasteiger partial charge < -0.3 is 11.1 Å². The fourth-order valence-electron chi connectivity index (χ4n) is 2.86. The minimum atomic E-state index is -0.324. The van der Waals surface area contributed by atoms with Crippen molar-refractivity contribution < 1.29 is 4.79 Å². The molecule has 1 amide bonds. The van der Waals surface area contributed by atoms with E-state index in [0.29, 0.717) is 12.6 Å². The van der Waals surface area contributed by atoms with E-state index < -0.39 is 0 Å². The molecule has 0 unspecified atom stereocenters. The Kier molecular flexibility index (Phi) is 6.13. The smallest absolute Gasteiger partial charge is 0.225 e. The Morgan fingerprint density at radius 1 is 1.28 bits per heavy atom. The Hall–Kier alpha value is -0.570. The van der Waals surface area contributed by atoms with Gasteiger partial charge >= 0.3 is 0 Å². The Balaban J connectivity index is 2.34. The van der Waals surface area contributed by atoms with E-state index in [4.69, 9.17) is 5.73 Å². The molecule has 3 N–H and O–H groups in total. The van der Waals surface area contributed by atoms with Gasteiger partial charge in [-0.15, -0.1) is 0 Å². The summed E-state index contributed by atoms with van der Waals surface area (Å²) < 4.78 is 0. The molecule has 0 radical (unpaired) electrons. The van der Waals surface area contributed by atoms with Crippen LogP contribution in [0.2, 0.25) is 0 Å². The molecule has 0 heterocycles. The SMILES string of the molecule is CCCC1CCC(NC(=O)C(C)(C)CCN)CC1. The van der Waals surface area contributed by atoms with Gasteiger partial charge in [0.1, 0.15) is 0 Å². The Morgan fingerprint density at radius 3 is 2.39 bits per heavy atom. The first-order valence-electron chi connectivity index (χ1n) is 7.50. The number of carbonyl (C=O) groups excluding carboxylic acids is 1. The molecule has 1 saturated carbocycles. The zero-order chi connectivity index (χ0) is 13.6. The first kappa shape index (κ1) is 15.5. The molecule has 0 bridgehead atoms. The largest absolute Gasteiger partial charge is 0.353 e. The zero-order valence-corrected chi connectivity index (χ0v) is 12.3. The lowest BCUT2D eigenvalue weighted by molar-refractivity contribution is -0.130. The molecule has 0 aromatic rings. The molecule has 0 aromatic carbocycles. The van der Waals surface area contributed by atoms with Crippen molar-refractivity contribution in [3.8, 4) is 0 Å². The molecule has 1 fully saturated rings. The van der Waals surface area contributed by atoms with E-state index in [2.05, 4.69) is 12.2 Å². The van der Waals surface area contributed by atoms with E-state index in [1.165, 1.54) is 25.7 Å². The maximum absolute atomic E-state index is 12.2. The third-order valence-electron chi connectivity index (χ3n) is 4.26. The third-order valence-corrected chi connectivity index (χ3v) is 4.26. The Morgan fingerprint density at radius 2 is 1.89 bits per heavy atom. The van der Waals surface area contributed by atoms with Gasteiger partial charge in [-0.25, -0.2) is 0 Å². The third kappa shape index (κ3) is 4.60. The highest BCUT2D eigenvalue weighted by atomic mass is 16.2. The number of hydrogen-bond acceptors (Lipinski definition) is 2. The van der Waals surface area contributed by atoms with Crippen LogP contribution < -0.4 is 11.1 Å². The standard InChI is InChI=1S/C15H30N2O/c1-4-5-12-6-8-13(9-7-12)17-14(18)15(2,3)10-11-16/h12-13H,4-11,16H2,1-3H3,(H,17,18). The highest BCUT2D eigenvalue weighted by molar-refractivity contribution is 5.82. The maximum Gasteiger partial charge on any atom is 0.225 e. The highest BCUT2D eigenvalue weighted by Crippen LogP contribution is 2.28. The lowest BCUT2D eigenvalue weighted by atomic mass is 9.82. The molecule has 0 saturated heterocycles. The minimum absolute atomic E-state index is 0.173. The monoisotopic (exact) mass is 254 g/mol. The van der Waals surface area contributed by atoms with Gasteiger partial charge in [-0.05, 0) is 44.6 Å². The van der Waals surface area contributed by atoms with Gasteiger partial charge in [-0.1, -0.05) is 33.6 Å². The molecular formula is C15H30N2O. The molecular weight excluding hydrogens is 224 g/mol. The van der Waals surface area contributed by atoms with Crippen LogP contribution in [0.5, 0.6) is 0 Å². The zero-order valence-electron chi connectivity index (χ0n) is 12.3. The predicted molar refractivity (Wildman–Crippen MR) is 76.2 cm³/mol. The number of amides is 1. The first-order valence-corrected chi connectivity index (χ1v) is 7.50. The normalized spacial score (nSPS) is 24.9. The predicted octanol–water partition coefficient (Wildman–Crippen LogP) is 2.84. The summed E-state index contributed by atoms with van der Waals surface area (Å²) in [6.45, 7) is 6.79. The van der Waals surface area contributed by atoms with Crippen LogP contribution in [0.25, 0.3) is 0 Å². The summed E-state index contributed by atoms with van der Waals surface area (Å²) in [5.41, 5.74) is 5.23. The van der Waals surface area contributed by atoms with Crippen LogP contribution in [-0.2, 0) is 4.79 Å². The van der Waals surface area contributed by atoms with Crippen LogP contribution in [0.15, 0.2) is 0 Å². The second-order valence-electron chi connectivity index (χ2n) is 6.40. The van der Waals surface area contributed by atoms with Crippen LogP contribution in [0.3, 0.4) is 0 Å². The van der Waals surface area contributed by atoms with E-state index in [1.807, 2.05) is 13.8 Å². The topological polar surface area (TPSA) is 55.1 Å². The Bertz CT molecular complexity index is 255. The lowest BCUT2D eigenvalue weighted by Gasteiger charge is -2.32. The molecule has 1 rings (SSSR count). The van der Waals surface area contributed by atoms with Gasteiger partial charge in [0.05, 0.1) is 0 Å². The average Bonchev–Trinajstić information content (AvgIpc) is 2.32. The average molecular weight is 254 g/mol. The van der Waals surface area contributed by atoms with E-state index in [1.54, 1.807) is 0 Å². The van der Waals surface area contributed by atoms with Crippen LogP contribution in [0.1, 0.15) is 65.7 Å². The summed E-state index contributed by atoms with van der Waals surface area (Å²) in [4.78, 5) is 12.2. The number of nitrogens with two attached hydrogens (primary N) is 1. The highest BCUT2D eigenvalue weighted by Gasteiger charge is 2.29. The molecule has 3 heteroatoms. The summed E-state index contributed by atoms with van der Waals surface area (Å²) >= 11 is 0. The second-order valence-corrected chi connectivity index (χ2v) is 6.40. The molecule has 18 heavy (non-hydrogen) atoms. The van der Waals surface area contributed by atoms with Gasteiger partial charge in [0.15, 0.2) is 0 Å². The van der Waals surface area contributed by atoms with E-state index >= 15 is 0 Å². The Labute approximate surface area is 112 Å². The molecule has 106 valence electrons. The van der Waals surface area contributed by atoms with E-state index in [0.717, 1.165) is 25.2 Å². The van der Waals surface area contributed by atoms with E-state index in [9.17, 15) is 4.79 Å².